The number of nitrogens with one attached hydrogen (secondary N) is 1. The predicted molar refractivity (Wildman–Crippen MR) is 99.2 cm³/mol. The highest BCUT2D eigenvalue weighted by atomic mass is 35.5. The lowest BCUT2D eigenvalue weighted by molar-refractivity contribution is -0.0256. The Hall–Kier alpha value is -2.47. The normalized spacial score (nSPS) is 26.6. The molecule has 140 valence electrons. The van der Waals surface area contributed by atoms with Crippen LogP contribution in [0.4, 0.5) is 0 Å². The molecule has 3 aromatic rings. The average Bonchev–Trinajstić information content (AvgIpc) is 3.21. The second-order valence-electron chi connectivity index (χ2n) is 7.67. The first kappa shape index (κ1) is 16.7. The third-order valence-electron chi connectivity index (χ3n) is 5.77. The topological polar surface area (TPSA) is 77.5 Å². The monoisotopic (exact) mass is 386 g/mol. The van der Waals surface area contributed by atoms with E-state index in [0.29, 0.717) is 22.3 Å². The molecule has 5 rings (SSSR count). The number of hydrogen-bond donors (Lipinski definition) is 1. The number of rotatable bonds is 4. The van der Waals surface area contributed by atoms with Crippen LogP contribution in [0.2, 0.25) is 5.02 Å². The highest BCUT2D eigenvalue weighted by Crippen LogP contribution is 2.61. The lowest BCUT2D eigenvalue weighted by atomic mass is 9.50. The molecular weight excluding hydrogens is 368 g/mol. The predicted octanol–water partition coefficient (Wildman–Crippen LogP) is 4.54. The average molecular weight is 387 g/mol. The van der Waals surface area contributed by atoms with Crippen molar-refractivity contribution < 1.29 is 18.4 Å². The minimum atomic E-state index is -0.190. The number of hydrogen-bond acceptors (Lipinski definition) is 5. The molecule has 2 heterocycles. The number of carbonyl (C=O) groups excluding carboxylic acids is 1. The van der Waals surface area contributed by atoms with Gasteiger partial charge in [0.25, 0.3) is 11.9 Å². The van der Waals surface area contributed by atoms with Crippen molar-refractivity contribution in [1.82, 2.24) is 10.3 Å². The van der Waals surface area contributed by atoms with Crippen molar-refractivity contribution >= 4 is 28.6 Å². The van der Waals surface area contributed by atoms with E-state index in [2.05, 4.69) is 10.3 Å². The van der Waals surface area contributed by atoms with Gasteiger partial charge in [0.2, 0.25) is 0 Å². The molecule has 0 aliphatic heterocycles. The number of furan rings is 1. The number of benzene rings is 1. The summed E-state index contributed by atoms with van der Waals surface area (Å²) < 4.78 is 16.2. The van der Waals surface area contributed by atoms with Crippen molar-refractivity contribution in [2.75, 3.05) is 7.11 Å². The maximum Gasteiger partial charge on any atom is 0.287 e. The third kappa shape index (κ3) is 2.88. The van der Waals surface area contributed by atoms with Crippen molar-refractivity contribution in [2.24, 2.45) is 5.41 Å². The van der Waals surface area contributed by atoms with Crippen LogP contribution < -0.4 is 10.1 Å². The number of methoxy groups -OCH3 is 1. The van der Waals surface area contributed by atoms with Gasteiger partial charge in [-0.1, -0.05) is 11.6 Å². The van der Waals surface area contributed by atoms with Gasteiger partial charge in [-0.25, -0.2) is 4.98 Å². The Balaban J connectivity index is 1.16. The number of nitrogens with zero attached hydrogens (tertiary/aromatic N) is 1. The van der Waals surface area contributed by atoms with Crippen LogP contribution in [0.25, 0.3) is 11.1 Å². The first-order chi connectivity index (χ1) is 13.0. The Bertz CT molecular complexity index is 1010. The van der Waals surface area contributed by atoms with Crippen molar-refractivity contribution in [1.29, 1.82) is 0 Å². The van der Waals surface area contributed by atoms with Crippen molar-refractivity contribution in [3.63, 3.8) is 0 Å². The van der Waals surface area contributed by atoms with Gasteiger partial charge >= 0.3 is 0 Å². The molecule has 1 aromatic carbocycles. The fourth-order valence-corrected chi connectivity index (χ4v) is 4.65. The SMILES string of the molecule is COc1ccc(C(=O)NC2CC3(C2)CC(c2nc4cc(Cl)ccc4o2)C3)o1. The Morgan fingerprint density at radius 3 is 2.78 bits per heavy atom. The number of fused-ring (bicyclic) bond motifs is 1. The van der Waals surface area contributed by atoms with Crippen molar-refractivity contribution in [2.45, 2.75) is 37.6 Å². The van der Waals surface area contributed by atoms with Crippen LogP contribution in [-0.4, -0.2) is 24.0 Å². The summed E-state index contributed by atoms with van der Waals surface area (Å²) in [7, 11) is 1.51. The van der Waals surface area contributed by atoms with Crippen LogP contribution in [0.5, 0.6) is 5.95 Å². The van der Waals surface area contributed by atoms with Gasteiger partial charge in [0.1, 0.15) is 5.52 Å². The largest absolute Gasteiger partial charge is 0.468 e. The summed E-state index contributed by atoms with van der Waals surface area (Å²) in [5.74, 6) is 1.58. The number of ether oxygens (including phenoxy) is 1. The minimum absolute atomic E-state index is 0.190. The highest BCUT2D eigenvalue weighted by Gasteiger charge is 2.54. The van der Waals surface area contributed by atoms with E-state index in [1.807, 2.05) is 18.2 Å². The van der Waals surface area contributed by atoms with Gasteiger partial charge in [0, 0.05) is 23.0 Å². The third-order valence-corrected chi connectivity index (χ3v) is 6.01. The van der Waals surface area contributed by atoms with E-state index in [9.17, 15) is 4.79 Å². The fraction of sp³-hybridized carbons (Fsp3) is 0.400. The standard InChI is InChI=1S/C20H19ClN2O4/c1-25-17-5-4-16(26-17)18(24)22-13-9-20(10-13)7-11(8-20)19-23-14-6-12(21)2-3-15(14)27-19/h2-6,11,13H,7-10H2,1H3,(H,22,24). The Morgan fingerprint density at radius 2 is 2.04 bits per heavy atom. The highest BCUT2D eigenvalue weighted by molar-refractivity contribution is 6.31. The number of amides is 1. The van der Waals surface area contributed by atoms with Gasteiger partial charge in [-0.2, -0.15) is 0 Å². The smallest absolute Gasteiger partial charge is 0.287 e. The summed E-state index contributed by atoms with van der Waals surface area (Å²) in [6.07, 6.45) is 4.07. The molecule has 1 amide bonds. The van der Waals surface area contributed by atoms with Gasteiger partial charge in [0.05, 0.1) is 7.11 Å². The Morgan fingerprint density at radius 1 is 1.22 bits per heavy atom. The molecule has 7 heteroatoms. The van der Waals surface area contributed by atoms with Crippen LogP contribution in [-0.2, 0) is 0 Å². The molecule has 0 bridgehead atoms. The van der Waals surface area contributed by atoms with Crippen LogP contribution in [0.15, 0.2) is 39.2 Å². The zero-order valence-corrected chi connectivity index (χ0v) is 15.6. The van der Waals surface area contributed by atoms with E-state index >= 15 is 0 Å². The van der Waals surface area contributed by atoms with Crippen molar-refractivity contribution in [3.8, 4) is 5.95 Å². The first-order valence-electron chi connectivity index (χ1n) is 9.04. The van der Waals surface area contributed by atoms with E-state index in [1.54, 1.807) is 12.1 Å². The minimum Gasteiger partial charge on any atom is -0.468 e. The molecular formula is C20H19ClN2O4. The summed E-state index contributed by atoms with van der Waals surface area (Å²) in [6.45, 7) is 0. The summed E-state index contributed by atoms with van der Waals surface area (Å²) in [5, 5.41) is 3.70. The summed E-state index contributed by atoms with van der Waals surface area (Å²) in [6, 6.07) is 8.97. The van der Waals surface area contributed by atoms with Crippen LogP contribution in [0.3, 0.4) is 0 Å². The summed E-state index contributed by atoms with van der Waals surface area (Å²) in [5.41, 5.74) is 1.90. The quantitative estimate of drug-likeness (QED) is 0.712. The fourth-order valence-electron chi connectivity index (χ4n) is 4.48. The molecule has 2 saturated carbocycles. The molecule has 1 N–H and O–H groups in total. The molecule has 27 heavy (non-hydrogen) atoms. The molecule has 0 unspecified atom stereocenters. The van der Waals surface area contributed by atoms with Crippen LogP contribution >= 0.6 is 11.6 Å². The van der Waals surface area contributed by atoms with Crippen LogP contribution in [0, 0.1) is 5.41 Å². The van der Waals surface area contributed by atoms with E-state index in [4.69, 9.17) is 25.2 Å². The van der Waals surface area contributed by atoms with Crippen LogP contribution in [0.1, 0.15) is 48.0 Å². The number of oxazole rings is 1. The van der Waals surface area contributed by atoms with E-state index in [0.717, 1.165) is 42.7 Å². The number of aromatic nitrogens is 1. The molecule has 2 aliphatic rings. The van der Waals surface area contributed by atoms with Gasteiger partial charge in [-0.3, -0.25) is 4.79 Å². The molecule has 0 radical (unpaired) electrons. The lowest BCUT2D eigenvalue weighted by Gasteiger charge is -2.57. The first-order valence-corrected chi connectivity index (χ1v) is 9.42. The van der Waals surface area contributed by atoms with E-state index < -0.39 is 0 Å². The molecule has 2 fully saturated rings. The number of carbonyl (C=O) groups is 1. The van der Waals surface area contributed by atoms with E-state index in [-0.39, 0.29) is 17.7 Å². The zero-order chi connectivity index (χ0) is 18.6. The van der Waals surface area contributed by atoms with E-state index in [1.165, 1.54) is 7.11 Å². The van der Waals surface area contributed by atoms with Gasteiger partial charge in [-0.15, -0.1) is 0 Å². The molecule has 1 spiro atoms. The molecule has 0 saturated heterocycles. The maximum absolute atomic E-state index is 12.2. The van der Waals surface area contributed by atoms with Gasteiger partial charge in [-0.05, 0) is 55.4 Å². The zero-order valence-electron chi connectivity index (χ0n) is 14.8. The molecule has 2 aromatic heterocycles. The number of halogens is 1. The molecule has 6 nitrogen and oxygen atoms in total. The second-order valence-corrected chi connectivity index (χ2v) is 8.11. The second kappa shape index (κ2) is 6.02. The van der Waals surface area contributed by atoms with Crippen molar-refractivity contribution in [3.05, 3.63) is 47.0 Å². The van der Waals surface area contributed by atoms with Gasteiger partial charge in [0.15, 0.2) is 17.2 Å². The van der Waals surface area contributed by atoms with Gasteiger partial charge < -0.3 is 18.9 Å². The molecule has 2 aliphatic carbocycles. The Kier molecular flexibility index (Phi) is 3.72. The summed E-state index contributed by atoms with van der Waals surface area (Å²) in [4.78, 5) is 16.8. The maximum atomic E-state index is 12.2. The lowest BCUT2D eigenvalue weighted by Crippen LogP contribution is -2.55. The summed E-state index contributed by atoms with van der Waals surface area (Å²) >= 11 is 6.01. The molecule has 0 atom stereocenters. The Labute approximate surface area is 160 Å².